The van der Waals surface area contributed by atoms with Gasteiger partial charge in [0.2, 0.25) is 17.7 Å². The highest BCUT2D eigenvalue weighted by molar-refractivity contribution is 7.66. The summed E-state index contributed by atoms with van der Waals surface area (Å²) in [4.78, 5) is 98.4. The zero-order valence-electron chi connectivity index (χ0n) is 41.6. The van der Waals surface area contributed by atoms with Crippen LogP contribution in [0.15, 0.2) is 34.9 Å². The number of aromatic nitrogens is 12. The van der Waals surface area contributed by atoms with Gasteiger partial charge in [-0.15, -0.1) is 0 Å². The second-order valence-electron chi connectivity index (χ2n) is 17.9. The number of nitrogens with two attached hydrogens (primary N) is 2. The van der Waals surface area contributed by atoms with E-state index >= 15 is 0 Å². The molecule has 0 spiro atoms. The van der Waals surface area contributed by atoms with Crippen LogP contribution in [0.2, 0.25) is 0 Å². The van der Waals surface area contributed by atoms with Crippen LogP contribution in [0.1, 0.15) is 32.0 Å². The van der Waals surface area contributed by atoms with Crippen molar-refractivity contribution in [2.24, 2.45) is 13.0 Å². The number of hydrogen-bond donors (Lipinski definition) is 12. The average molecular weight is 1200 g/mol. The largest absolute Gasteiger partial charge is 0.490 e. The number of aliphatic hydroxyl groups is 3. The quantitative estimate of drug-likeness (QED) is 0.0233. The highest BCUT2D eigenvalue weighted by Gasteiger charge is 2.58. The Bertz CT molecular complexity index is 3550. The fourth-order valence-corrected chi connectivity index (χ4v) is 14.7. The van der Waals surface area contributed by atoms with Crippen molar-refractivity contribution in [2.75, 3.05) is 64.0 Å². The molecule has 3 saturated heterocycles. The van der Waals surface area contributed by atoms with Crippen molar-refractivity contribution in [1.82, 2.24) is 53.6 Å². The maximum Gasteiger partial charge on any atom is 0.490 e. The summed E-state index contributed by atoms with van der Waals surface area (Å²) < 4.78 is 112. The fourth-order valence-electron chi connectivity index (χ4n) is 9.42. The molecular weight excluding hydrogens is 1150 g/mol. The third kappa shape index (κ3) is 11.8. The van der Waals surface area contributed by atoms with E-state index in [4.69, 9.17) is 48.7 Å². The number of nitrogens with one attached hydrogen (secondary N) is 3. The van der Waals surface area contributed by atoms with E-state index in [0.29, 0.717) is 6.54 Å². The molecule has 9 rings (SSSR count). The van der Waals surface area contributed by atoms with Gasteiger partial charge >= 0.3 is 36.7 Å². The number of hydrogen-bond acceptors (Lipinski definition) is 28. The summed E-state index contributed by atoms with van der Waals surface area (Å²) in [6.07, 6.45) is -10.9. The smallest absolute Gasteiger partial charge is 0.387 e. The van der Waals surface area contributed by atoms with Crippen LogP contribution in [0.4, 0.5) is 17.7 Å². The molecule has 3 aliphatic heterocycles. The fraction of sp³-hybridized carbons (Fsp3) is 0.595. The van der Waals surface area contributed by atoms with Gasteiger partial charge in [0.05, 0.1) is 45.6 Å². The summed E-state index contributed by atoms with van der Waals surface area (Å²) in [7, 11) is -19.3. The minimum Gasteiger partial charge on any atom is -0.387 e. The van der Waals surface area contributed by atoms with E-state index in [9.17, 15) is 62.7 Å². The number of nitrogen functional groups attached to an aromatic ring is 2. The molecule has 4 unspecified atom stereocenters. The van der Waals surface area contributed by atoms with Crippen LogP contribution >= 0.6 is 31.1 Å². The second-order valence-corrected chi connectivity index (χ2v) is 24.5. The zero-order chi connectivity index (χ0) is 57.1. The van der Waals surface area contributed by atoms with Crippen molar-refractivity contribution in [3.8, 4) is 0 Å². The molecule has 16 atom stereocenters. The Morgan fingerprint density at radius 1 is 0.759 bits per heavy atom. The lowest BCUT2D eigenvalue weighted by Gasteiger charge is -2.28. The van der Waals surface area contributed by atoms with Crippen molar-refractivity contribution < 1.29 is 104 Å². The maximum atomic E-state index is 14.5. The molecule has 0 amide bonds. The van der Waals surface area contributed by atoms with Gasteiger partial charge in [0.1, 0.15) is 54.1 Å². The van der Waals surface area contributed by atoms with Gasteiger partial charge in [0.25, 0.3) is 17.1 Å². The Kier molecular flexibility index (Phi) is 16.8. The number of fused-ring (bicyclic) bond motifs is 3. The molecule has 79 heavy (non-hydrogen) atoms. The van der Waals surface area contributed by atoms with E-state index in [2.05, 4.69) is 53.8 Å². The number of rotatable bonds is 23. The molecule has 434 valence electrons. The van der Waals surface area contributed by atoms with Crippen LogP contribution in [-0.2, 0) is 71.2 Å². The zero-order valence-corrected chi connectivity index (χ0v) is 45.1. The summed E-state index contributed by atoms with van der Waals surface area (Å²) in [5.41, 5.74) is 8.33. The monoisotopic (exact) mass is 1200 g/mol. The minimum atomic E-state index is -6.19. The first kappa shape index (κ1) is 58.5. The molecular formula is C37H54N15O23P4+. The van der Waals surface area contributed by atoms with Gasteiger partial charge in [-0.05, 0) is 13.3 Å². The number of aliphatic hydroxyl groups excluding tert-OH is 3. The number of anilines is 3. The Morgan fingerprint density at radius 3 is 2.08 bits per heavy atom. The van der Waals surface area contributed by atoms with E-state index in [1.54, 1.807) is 14.0 Å². The van der Waals surface area contributed by atoms with E-state index in [-0.39, 0.29) is 64.2 Å². The van der Waals surface area contributed by atoms with Crippen molar-refractivity contribution >= 4 is 82.3 Å². The Morgan fingerprint density at radius 2 is 1.41 bits per heavy atom. The molecule has 0 radical (unpaired) electrons. The lowest BCUT2D eigenvalue weighted by molar-refractivity contribution is -0.745. The predicted octanol–water partition coefficient (Wildman–Crippen LogP) is -2.50. The first-order valence-electron chi connectivity index (χ1n) is 23.4. The summed E-state index contributed by atoms with van der Waals surface area (Å²) in [6, 6.07) is 0. The van der Waals surface area contributed by atoms with E-state index in [1.165, 1.54) is 27.1 Å². The lowest BCUT2D eigenvalue weighted by Crippen LogP contribution is -2.45. The van der Waals surface area contributed by atoms with Crippen LogP contribution in [0.3, 0.4) is 0 Å². The molecule has 3 aliphatic rings. The first-order chi connectivity index (χ1) is 37.3. The normalized spacial score (nSPS) is 29.5. The van der Waals surface area contributed by atoms with Crippen LogP contribution in [-0.4, -0.2) is 184 Å². The van der Waals surface area contributed by atoms with Crippen molar-refractivity contribution in [2.45, 2.75) is 80.4 Å². The molecule has 0 aliphatic carbocycles. The van der Waals surface area contributed by atoms with Gasteiger partial charge in [0.15, 0.2) is 41.4 Å². The van der Waals surface area contributed by atoms with Gasteiger partial charge in [-0.2, -0.15) is 13.6 Å². The van der Waals surface area contributed by atoms with Crippen LogP contribution < -0.4 is 32.5 Å². The predicted molar refractivity (Wildman–Crippen MR) is 262 cm³/mol. The Balaban J connectivity index is 0.889. The molecule has 14 N–H and O–H groups in total. The average Bonchev–Trinajstić information content (AvgIpc) is 4.41. The number of methoxy groups -OCH3 is 2. The molecule has 38 nitrogen and oxygen atoms in total. The summed E-state index contributed by atoms with van der Waals surface area (Å²) in [5, 5.41) is 36.4. The molecule has 3 fully saturated rings. The van der Waals surface area contributed by atoms with Gasteiger partial charge in [-0.3, -0.25) is 46.9 Å². The van der Waals surface area contributed by atoms with Crippen LogP contribution in [0.5, 0.6) is 0 Å². The standard InChI is InChI=1S/C37H53N15O23P4/c1-5-40-37-46-30-21(32(57)48-37)49(2)14-52(30)33-22(53)15(6-7-66-3)16(71-33)8-69-77(60,61)74-79(64,65)75-78(62,63)70-10-18-26(25(67-4)35(73-18)50-12-43-19-27(38)41-11-42-28(19)50)76(58,59)68-9-17-23(54)24(55)34(72-17)51-13-44-20-29(51)45-36(39)47-31(20)56/h11-18,22-26,33-35,53-55H,5-10H2,1-4H3,(H10-,38,39,40,41,42,45,46,47,48,56,57,58,59,60,61,62,63,64,65)/p+1/t15-,16-,17-,18-,22-,23-,24-,25-,26-,33-,34-,35-/m1/s1. The molecule has 0 bridgehead atoms. The second kappa shape index (κ2) is 22.7. The number of H-pyrrole nitrogens is 2. The molecule has 6 aromatic heterocycles. The molecule has 6 aromatic rings. The van der Waals surface area contributed by atoms with Gasteiger partial charge in [0, 0.05) is 33.3 Å². The van der Waals surface area contributed by atoms with Gasteiger partial charge in [-0.25, -0.2) is 38.2 Å². The number of phosphoric ester groups is 2. The number of nitrogens with zero attached hydrogens (tertiary/aromatic N) is 10. The number of phosphoric acid groups is 3. The number of ether oxygens (including phenoxy) is 5. The number of aryl methyl sites for hydroxylation is 1. The van der Waals surface area contributed by atoms with Gasteiger partial charge < -0.3 is 79.9 Å². The summed E-state index contributed by atoms with van der Waals surface area (Å²) in [6.45, 7) is -0.954. The molecule has 0 saturated carbocycles. The third-order valence-corrected chi connectivity index (χ3v) is 19.0. The summed E-state index contributed by atoms with van der Waals surface area (Å²) in [5.74, 6) is -1.21. The van der Waals surface area contributed by atoms with E-state index < -0.39 is 135 Å². The topological polar surface area (TPSA) is 528 Å². The Labute approximate surface area is 441 Å². The van der Waals surface area contributed by atoms with E-state index in [1.807, 2.05) is 0 Å². The maximum absolute atomic E-state index is 14.5. The minimum absolute atomic E-state index is 0.00461. The first-order valence-corrected chi connectivity index (χ1v) is 29.5. The number of aromatic amines is 2. The van der Waals surface area contributed by atoms with Crippen molar-refractivity contribution in [1.29, 1.82) is 0 Å². The van der Waals surface area contributed by atoms with E-state index in [0.717, 1.165) is 30.7 Å². The highest BCUT2D eigenvalue weighted by Crippen LogP contribution is 2.68. The SMILES string of the molecule is CCNc1nc2c(c(=O)[nH]1)n(C)c[n+]2[C@@H]1O[C@H](COP(=O)(O)OP(=O)(O)OP(=O)(O)OC[C@H]2O[C@@H](n3cnc4c(N)ncnc43)[C@H](OC)[C@@H]2P(=O)(O)OC[C@H]2O[C@@H](n3cnc4c(=O)[nH]c(N)nc43)[C@H](O)[C@@H]2O)[C@@H](CCOC)[C@H]1O. The number of imidazole rings is 3. The molecule has 9 heterocycles. The lowest BCUT2D eigenvalue weighted by atomic mass is 9.95. The van der Waals surface area contributed by atoms with Crippen LogP contribution in [0, 0.1) is 5.92 Å². The third-order valence-electron chi connectivity index (χ3n) is 12.9. The van der Waals surface area contributed by atoms with Crippen molar-refractivity contribution in [3.05, 3.63) is 46.0 Å². The Hall–Kier alpha value is -5.11. The molecule has 0 aromatic carbocycles. The highest BCUT2D eigenvalue weighted by atomic mass is 31.3. The van der Waals surface area contributed by atoms with Crippen LogP contribution in [0.25, 0.3) is 33.5 Å². The van der Waals surface area contributed by atoms with Gasteiger partial charge in [-0.1, -0.05) is 4.98 Å². The molecule has 42 heteroatoms. The summed E-state index contributed by atoms with van der Waals surface area (Å²) >= 11 is 0. The van der Waals surface area contributed by atoms with Crippen molar-refractivity contribution in [3.63, 3.8) is 0 Å².